The first-order valence-corrected chi connectivity index (χ1v) is 4.82. The van der Waals surface area contributed by atoms with Crippen LogP contribution < -0.4 is 5.32 Å². The Morgan fingerprint density at radius 2 is 2.27 bits per heavy atom. The van der Waals surface area contributed by atoms with Crippen molar-refractivity contribution in [2.45, 2.75) is 32.2 Å². The molecule has 0 spiro atoms. The minimum absolute atomic E-state index is 0.0818. The van der Waals surface area contributed by atoms with E-state index in [2.05, 4.69) is 11.9 Å². The molecule has 1 amide bonds. The summed E-state index contributed by atoms with van der Waals surface area (Å²) >= 11 is 0. The molecule has 0 bridgehead atoms. The van der Waals surface area contributed by atoms with Gasteiger partial charge in [-0.05, 0) is 19.8 Å². The number of hydrogen-bond donors (Lipinski definition) is 2. The minimum atomic E-state index is -0.823. The van der Waals surface area contributed by atoms with Gasteiger partial charge < -0.3 is 15.2 Å². The molecule has 0 radical (unpaired) electrons. The highest BCUT2D eigenvalue weighted by Crippen LogP contribution is 2.00. The van der Waals surface area contributed by atoms with E-state index in [1.165, 1.54) is 6.08 Å². The molecule has 0 saturated heterocycles. The summed E-state index contributed by atoms with van der Waals surface area (Å²) in [6.07, 6.45) is 2.26. The van der Waals surface area contributed by atoms with E-state index in [0.29, 0.717) is 12.8 Å². The number of amides is 1. The summed E-state index contributed by atoms with van der Waals surface area (Å²) in [5, 5.41) is 11.0. The Balaban J connectivity index is 3.54. The lowest BCUT2D eigenvalue weighted by atomic mass is 10.1. The van der Waals surface area contributed by atoms with Crippen molar-refractivity contribution in [2.24, 2.45) is 0 Å². The standard InChI is InChI=1S/C10H17NO4/c1-3-7-15-10(14)11-8(2)5-4-6-9(12)13/h3,8H,1,4-7H2,2H3,(H,11,14)(H,12,13). The van der Waals surface area contributed by atoms with Gasteiger partial charge >= 0.3 is 12.1 Å². The molecule has 5 heteroatoms. The fourth-order valence-corrected chi connectivity index (χ4v) is 1.01. The van der Waals surface area contributed by atoms with Crippen LogP contribution in [0.25, 0.3) is 0 Å². The molecule has 0 aliphatic heterocycles. The second-order valence-corrected chi connectivity index (χ2v) is 3.22. The maximum atomic E-state index is 11.0. The minimum Gasteiger partial charge on any atom is -0.481 e. The summed E-state index contributed by atoms with van der Waals surface area (Å²) in [4.78, 5) is 21.2. The van der Waals surface area contributed by atoms with Crippen molar-refractivity contribution in [3.05, 3.63) is 12.7 Å². The normalized spacial score (nSPS) is 11.5. The third-order valence-corrected chi connectivity index (χ3v) is 1.72. The predicted octanol–water partition coefficient (Wildman–Crippen LogP) is 1.54. The van der Waals surface area contributed by atoms with E-state index < -0.39 is 12.1 Å². The second-order valence-electron chi connectivity index (χ2n) is 3.22. The third kappa shape index (κ3) is 8.80. The number of carboxylic acids is 1. The van der Waals surface area contributed by atoms with Gasteiger partial charge in [-0.25, -0.2) is 4.79 Å². The monoisotopic (exact) mass is 215 g/mol. The fourth-order valence-electron chi connectivity index (χ4n) is 1.01. The number of aliphatic carboxylic acids is 1. The number of carbonyl (C=O) groups is 2. The van der Waals surface area contributed by atoms with E-state index in [1.807, 2.05) is 0 Å². The smallest absolute Gasteiger partial charge is 0.407 e. The Kier molecular flexibility index (Phi) is 7.05. The van der Waals surface area contributed by atoms with E-state index in [0.717, 1.165) is 0 Å². The first kappa shape index (κ1) is 13.5. The number of ether oxygens (including phenoxy) is 1. The highest BCUT2D eigenvalue weighted by atomic mass is 16.5. The molecule has 0 aliphatic rings. The number of carbonyl (C=O) groups excluding carboxylic acids is 1. The maximum absolute atomic E-state index is 11.0. The maximum Gasteiger partial charge on any atom is 0.407 e. The molecule has 15 heavy (non-hydrogen) atoms. The zero-order valence-electron chi connectivity index (χ0n) is 8.86. The van der Waals surface area contributed by atoms with E-state index in [4.69, 9.17) is 9.84 Å². The molecule has 0 fully saturated rings. The van der Waals surface area contributed by atoms with Gasteiger partial charge in [0.2, 0.25) is 0 Å². The number of rotatable bonds is 7. The van der Waals surface area contributed by atoms with Crippen LogP contribution in [0, 0.1) is 0 Å². The average molecular weight is 215 g/mol. The zero-order valence-corrected chi connectivity index (χ0v) is 8.86. The summed E-state index contributed by atoms with van der Waals surface area (Å²) in [6.45, 7) is 5.39. The molecule has 0 aromatic heterocycles. The van der Waals surface area contributed by atoms with Crippen molar-refractivity contribution >= 4 is 12.1 Å². The molecule has 0 saturated carbocycles. The van der Waals surface area contributed by atoms with Crippen LogP contribution in [0.15, 0.2) is 12.7 Å². The first-order chi connectivity index (χ1) is 7.06. The summed E-state index contributed by atoms with van der Waals surface area (Å²) < 4.78 is 4.70. The fraction of sp³-hybridized carbons (Fsp3) is 0.600. The molecule has 0 rings (SSSR count). The van der Waals surface area contributed by atoms with Crippen molar-refractivity contribution in [3.8, 4) is 0 Å². The van der Waals surface area contributed by atoms with Gasteiger partial charge in [0.25, 0.3) is 0 Å². The van der Waals surface area contributed by atoms with E-state index in [-0.39, 0.29) is 19.1 Å². The molecule has 0 heterocycles. The van der Waals surface area contributed by atoms with Gasteiger partial charge in [0.1, 0.15) is 6.61 Å². The van der Waals surface area contributed by atoms with Crippen LogP contribution in [0.2, 0.25) is 0 Å². The van der Waals surface area contributed by atoms with E-state index in [9.17, 15) is 9.59 Å². The van der Waals surface area contributed by atoms with Crippen LogP contribution in [0.1, 0.15) is 26.2 Å². The van der Waals surface area contributed by atoms with Gasteiger partial charge in [0.05, 0.1) is 0 Å². The topological polar surface area (TPSA) is 75.6 Å². The average Bonchev–Trinajstić information content (AvgIpc) is 2.14. The highest BCUT2D eigenvalue weighted by Gasteiger charge is 2.08. The van der Waals surface area contributed by atoms with Crippen LogP contribution in [0.4, 0.5) is 4.79 Å². The Labute approximate surface area is 89.1 Å². The van der Waals surface area contributed by atoms with E-state index >= 15 is 0 Å². The molecule has 0 aliphatic carbocycles. The van der Waals surface area contributed by atoms with Gasteiger partial charge in [0.15, 0.2) is 0 Å². The van der Waals surface area contributed by atoms with Gasteiger partial charge in [-0.1, -0.05) is 12.7 Å². The summed E-state index contributed by atoms with van der Waals surface area (Å²) in [7, 11) is 0. The second kappa shape index (κ2) is 7.84. The summed E-state index contributed by atoms with van der Waals surface area (Å²) in [6, 6.07) is -0.0818. The van der Waals surface area contributed by atoms with Crippen LogP contribution >= 0.6 is 0 Å². The molecule has 86 valence electrons. The zero-order chi connectivity index (χ0) is 11.7. The number of alkyl carbamates (subject to hydrolysis) is 1. The van der Waals surface area contributed by atoms with Crippen LogP contribution in [-0.2, 0) is 9.53 Å². The van der Waals surface area contributed by atoms with E-state index in [1.54, 1.807) is 6.92 Å². The van der Waals surface area contributed by atoms with Gasteiger partial charge in [-0.3, -0.25) is 4.79 Å². The SMILES string of the molecule is C=CCOC(=O)NC(C)CCCC(=O)O. The van der Waals surface area contributed by atoms with Crippen molar-refractivity contribution in [2.75, 3.05) is 6.61 Å². The molecule has 5 nitrogen and oxygen atoms in total. The Morgan fingerprint density at radius 1 is 1.60 bits per heavy atom. The van der Waals surface area contributed by atoms with Crippen molar-refractivity contribution in [1.29, 1.82) is 0 Å². The van der Waals surface area contributed by atoms with Gasteiger partial charge in [0, 0.05) is 12.5 Å². The first-order valence-electron chi connectivity index (χ1n) is 4.82. The van der Waals surface area contributed by atoms with Crippen molar-refractivity contribution in [3.63, 3.8) is 0 Å². The van der Waals surface area contributed by atoms with Crippen molar-refractivity contribution in [1.82, 2.24) is 5.32 Å². The summed E-state index contributed by atoms with van der Waals surface area (Å²) in [5.74, 6) is -0.823. The van der Waals surface area contributed by atoms with Crippen LogP contribution in [0.3, 0.4) is 0 Å². The lowest BCUT2D eigenvalue weighted by Gasteiger charge is -2.12. The Hall–Kier alpha value is -1.52. The molecule has 1 unspecified atom stereocenters. The number of carboxylic acid groups (broad SMARTS) is 1. The molecular formula is C10H17NO4. The summed E-state index contributed by atoms with van der Waals surface area (Å²) in [5.41, 5.74) is 0. The van der Waals surface area contributed by atoms with Crippen molar-refractivity contribution < 1.29 is 19.4 Å². The molecule has 0 aromatic rings. The lowest BCUT2D eigenvalue weighted by Crippen LogP contribution is -2.33. The number of hydrogen-bond acceptors (Lipinski definition) is 3. The quantitative estimate of drug-likeness (QED) is 0.632. The van der Waals surface area contributed by atoms with Crippen LogP contribution in [-0.4, -0.2) is 29.8 Å². The Bertz CT molecular complexity index is 227. The largest absolute Gasteiger partial charge is 0.481 e. The molecule has 1 atom stereocenters. The molecule has 2 N–H and O–H groups in total. The predicted molar refractivity (Wildman–Crippen MR) is 55.6 cm³/mol. The highest BCUT2D eigenvalue weighted by molar-refractivity contribution is 5.67. The molecular weight excluding hydrogens is 198 g/mol. The number of nitrogens with one attached hydrogen (secondary N) is 1. The lowest BCUT2D eigenvalue weighted by molar-refractivity contribution is -0.137. The third-order valence-electron chi connectivity index (χ3n) is 1.72. The van der Waals surface area contributed by atoms with Crippen LogP contribution in [0.5, 0.6) is 0 Å². The molecule has 0 aromatic carbocycles. The van der Waals surface area contributed by atoms with Gasteiger partial charge in [-0.15, -0.1) is 0 Å². The van der Waals surface area contributed by atoms with Gasteiger partial charge in [-0.2, -0.15) is 0 Å². The Morgan fingerprint density at radius 3 is 2.80 bits per heavy atom.